The monoisotopic (exact) mass is 289 g/mol. The molecule has 0 aromatic heterocycles. The van der Waals surface area contributed by atoms with Crippen LogP contribution < -0.4 is 0 Å². The number of hydrogen-bond acceptors (Lipinski definition) is 4. The predicted molar refractivity (Wildman–Crippen MR) is 76.6 cm³/mol. The van der Waals surface area contributed by atoms with Crippen LogP contribution in [-0.2, 0) is 20.7 Å². The molecule has 1 aliphatic heterocycles. The molecule has 5 heteroatoms. The molecule has 0 saturated carbocycles. The second kappa shape index (κ2) is 6.52. The van der Waals surface area contributed by atoms with E-state index in [1.165, 1.54) is 0 Å². The summed E-state index contributed by atoms with van der Waals surface area (Å²) in [6, 6.07) is 9.24. The molecular weight excluding hydrogens is 270 g/mol. The van der Waals surface area contributed by atoms with Crippen molar-refractivity contribution < 1.29 is 19.1 Å². The first-order chi connectivity index (χ1) is 10.0. The molecule has 2 atom stereocenters. The molecule has 1 aromatic carbocycles. The summed E-state index contributed by atoms with van der Waals surface area (Å²) in [5, 5.41) is 0. The van der Waals surface area contributed by atoms with Gasteiger partial charge in [-0.1, -0.05) is 37.3 Å². The summed E-state index contributed by atoms with van der Waals surface area (Å²) in [6.45, 7) is 3.42. The maximum atomic E-state index is 12.4. The van der Waals surface area contributed by atoms with E-state index in [9.17, 15) is 14.4 Å². The van der Waals surface area contributed by atoms with Crippen LogP contribution in [0.5, 0.6) is 0 Å². The Bertz CT molecular complexity index is 540. The Balaban J connectivity index is 2.13. The van der Waals surface area contributed by atoms with Gasteiger partial charge in [0.25, 0.3) is 0 Å². The minimum Gasteiger partial charge on any atom is -0.447 e. The highest BCUT2D eigenvalue weighted by molar-refractivity contribution is 6.06. The van der Waals surface area contributed by atoms with Crippen LogP contribution in [0.15, 0.2) is 30.3 Å². The van der Waals surface area contributed by atoms with Gasteiger partial charge in [0.05, 0.1) is 12.0 Å². The van der Waals surface area contributed by atoms with Gasteiger partial charge in [-0.3, -0.25) is 9.59 Å². The van der Waals surface area contributed by atoms with Gasteiger partial charge in [-0.2, -0.15) is 0 Å². The van der Waals surface area contributed by atoms with Crippen LogP contribution >= 0.6 is 0 Å². The molecule has 2 unspecified atom stereocenters. The minimum absolute atomic E-state index is 0.168. The molecule has 0 spiro atoms. The number of nitrogens with zero attached hydrogens (tertiary/aromatic N) is 1. The maximum absolute atomic E-state index is 12.4. The number of carbonyl (C=O) groups is 3. The van der Waals surface area contributed by atoms with Gasteiger partial charge >= 0.3 is 6.09 Å². The second-order valence-corrected chi connectivity index (χ2v) is 5.17. The molecule has 1 fully saturated rings. The topological polar surface area (TPSA) is 63.7 Å². The molecule has 0 radical (unpaired) electrons. The maximum Gasteiger partial charge on any atom is 0.417 e. The lowest BCUT2D eigenvalue weighted by Crippen LogP contribution is -2.44. The van der Waals surface area contributed by atoms with Crippen LogP contribution in [-0.4, -0.2) is 35.3 Å². The third-order valence-electron chi connectivity index (χ3n) is 3.71. The van der Waals surface area contributed by atoms with Gasteiger partial charge in [-0.25, -0.2) is 9.69 Å². The van der Waals surface area contributed by atoms with E-state index in [0.717, 1.165) is 10.5 Å². The standard InChI is InChI=1S/C16H19NO4/c1-3-14(18)11(2)15(19)17-13(10-21-16(17)20)9-12-7-5-4-6-8-12/h4-8,11,13H,3,9-10H2,1-2H3. The van der Waals surface area contributed by atoms with Crippen LogP contribution in [0, 0.1) is 5.92 Å². The Morgan fingerprint density at radius 3 is 2.62 bits per heavy atom. The van der Waals surface area contributed by atoms with Gasteiger partial charge in [0.1, 0.15) is 12.4 Å². The van der Waals surface area contributed by atoms with Gasteiger partial charge in [-0.05, 0) is 18.9 Å². The zero-order valence-corrected chi connectivity index (χ0v) is 12.2. The molecule has 112 valence electrons. The van der Waals surface area contributed by atoms with Crippen molar-refractivity contribution in [3.05, 3.63) is 35.9 Å². The van der Waals surface area contributed by atoms with Crippen molar-refractivity contribution in [2.45, 2.75) is 32.7 Å². The van der Waals surface area contributed by atoms with Crippen molar-refractivity contribution in [1.29, 1.82) is 0 Å². The smallest absolute Gasteiger partial charge is 0.417 e. The van der Waals surface area contributed by atoms with Crippen LogP contribution in [0.4, 0.5) is 4.79 Å². The number of benzene rings is 1. The first kappa shape index (κ1) is 15.2. The van der Waals surface area contributed by atoms with E-state index in [1.807, 2.05) is 30.3 Å². The van der Waals surface area contributed by atoms with E-state index in [4.69, 9.17) is 4.74 Å². The molecule has 1 aromatic rings. The lowest BCUT2D eigenvalue weighted by Gasteiger charge is -2.22. The number of ether oxygens (including phenoxy) is 1. The quantitative estimate of drug-likeness (QED) is 0.779. The summed E-state index contributed by atoms with van der Waals surface area (Å²) in [4.78, 5) is 36.9. The van der Waals surface area contributed by atoms with Crippen LogP contribution in [0.25, 0.3) is 0 Å². The Morgan fingerprint density at radius 2 is 2.00 bits per heavy atom. The molecule has 1 saturated heterocycles. The molecule has 21 heavy (non-hydrogen) atoms. The lowest BCUT2D eigenvalue weighted by molar-refractivity contribution is -0.138. The fourth-order valence-electron chi connectivity index (χ4n) is 2.42. The Kier molecular flexibility index (Phi) is 4.73. The molecule has 0 N–H and O–H groups in total. The Hall–Kier alpha value is -2.17. The molecule has 2 rings (SSSR count). The van der Waals surface area contributed by atoms with E-state index in [-0.39, 0.29) is 24.9 Å². The Labute approximate surface area is 123 Å². The number of Topliss-reactive ketones (excluding diaryl/α,β-unsaturated/α-hetero) is 1. The molecule has 1 aliphatic rings. The number of cyclic esters (lactones) is 1. The van der Waals surface area contributed by atoms with Gasteiger partial charge in [-0.15, -0.1) is 0 Å². The first-order valence-corrected chi connectivity index (χ1v) is 7.11. The second-order valence-electron chi connectivity index (χ2n) is 5.17. The highest BCUT2D eigenvalue weighted by Gasteiger charge is 2.40. The van der Waals surface area contributed by atoms with Crippen molar-refractivity contribution >= 4 is 17.8 Å². The fourth-order valence-corrected chi connectivity index (χ4v) is 2.42. The number of imide groups is 1. The van der Waals surface area contributed by atoms with Gasteiger partial charge < -0.3 is 4.74 Å². The molecule has 2 amide bonds. The number of ketones is 1. The van der Waals surface area contributed by atoms with Crippen molar-refractivity contribution in [2.75, 3.05) is 6.61 Å². The van der Waals surface area contributed by atoms with Crippen molar-refractivity contribution in [3.63, 3.8) is 0 Å². The number of hydrogen-bond donors (Lipinski definition) is 0. The molecular formula is C16H19NO4. The summed E-state index contributed by atoms with van der Waals surface area (Å²) < 4.78 is 4.99. The van der Waals surface area contributed by atoms with Crippen LogP contribution in [0.1, 0.15) is 25.8 Å². The Morgan fingerprint density at radius 1 is 1.33 bits per heavy atom. The number of carbonyl (C=O) groups excluding carboxylic acids is 3. The largest absolute Gasteiger partial charge is 0.447 e. The fraction of sp³-hybridized carbons (Fsp3) is 0.438. The van der Waals surface area contributed by atoms with Gasteiger partial charge in [0, 0.05) is 6.42 Å². The zero-order chi connectivity index (χ0) is 15.4. The van der Waals surface area contributed by atoms with Crippen LogP contribution in [0.2, 0.25) is 0 Å². The van der Waals surface area contributed by atoms with E-state index < -0.39 is 17.9 Å². The summed E-state index contributed by atoms with van der Waals surface area (Å²) in [5.74, 6) is -1.44. The molecule has 0 aliphatic carbocycles. The summed E-state index contributed by atoms with van der Waals surface area (Å²) in [5.41, 5.74) is 1.02. The van der Waals surface area contributed by atoms with Gasteiger partial charge in [0.15, 0.2) is 0 Å². The van der Waals surface area contributed by atoms with Crippen molar-refractivity contribution in [3.8, 4) is 0 Å². The minimum atomic E-state index is -0.807. The van der Waals surface area contributed by atoms with Crippen LogP contribution in [0.3, 0.4) is 0 Å². The molecule has 0 bridgehead atoms. The molecule has 1 heterocycles. The van der Waals surface area contributed by atoms with Gasteiger partial charge in [0.2, 0.25) is 5.91 Å². The average molecular weight is 289 g/mol. The third kappa shape index (κ3) is 3.29. The SMILES string of the molecule is CCC(=O)C(C)C(=O)N1C(=O)OCC1Cc1ccccc1. The van der Waals surface area contributed by atoms with E-state index in [1.54, 1.807) is 13.8 Å². The predicted octanol–water partition coefficient (Wildman–Crippen LogP) is 2.19. The third-order valence-corrected chi connectivity index (χ3v) is 3.71. The average Bonchev–Trinajstić information content (AvgIpc) is 2.86. The van der Waals surface area contributed by atoms with E-state index >= 15 is 0 Å². The van der Waals surface area contributed by atoms with E-state index in [2.05, 4.69) is 0 Å². The highest BCUT2D eigenvalue weighted by Crippen LogP contribution is 2.20. The summed E-state index contributed by atoms with van der Waals surface area (Å²) >= 11 is 0. The van der Waals surface area contributed by atoms with Crippen molar-refractivity contribution in [1.82, 2.24) is 4.90 Å². The number of rotatable bonds is 5. The zero-order valence-electron chi connectivity index (χ0n) is 12.2. The summed E-state index contributed by atoms with van der Waals surface area (Å²) in [7, 11) is 0. The first-order valence-electron chi connectivity index (χ1n) is 7.11. The normalized spacial score (nSPS) is 19.2. The van der Waals surface area contributed by atoms with E-state index in [0.29, 0.717) is 6.42 Å². The summed E-state index contributed by atoms with van der Waals surface area (Å²) in [6.07, 6.45) is 0.154. The highest BCUT2D eigenvalue weighted by atomic mass is 16.6. The molecule has 5 nitrogen and oxygen atoms in total. The lowest BCUT2D eigenvalue weighted by atomic mass is 10.0. The van der Waals surface area contributed by atoms with Crippen molar-refractivity contribution in [2.24, 2.45) is 5.92 Å². The number of amides is 2.